The van der Waals surface area contributed by atoms with Gasteiger partial charge in [-0.3, -0.25) is 4.72 Å². The Morgan fingerprint density at radius 3 is 2.40 bits per heavy atom. The predicted octanol–water partition coefficient (Wildman–Crippen LogP) is 4.18. The first kappa shape index (κ1) is 15.2. The number of nitrogens with one attached hydrogen (secondary N) is 1. The van der Waals surface area contributed by atoms with Gasteiger partial charge in [0.25, 0.3) is 10.0 Å². The highest BCUT2D eigenvalue weighted by Crippen LogP contribution is 2.27. The molecule has 0 aliphatic heterocycles. The zero-order chi connectivity index (χ0) is 14.9. The molecular formula is C12H7BrClF2NO2S. The highest BCUT2D eigenvalue weighted by Gasteiger charge is 2.19. The lowest BCUT2D eigenvalue weighted by molar-refractivity contribution is 0.551. The van der Waals surface area contributed by atoms with E-state index in [2.05, 4.69) is 20.7 Å². The van der Waals surface area contributed by atoms with Crippen molar-refractivity contribution >= 4 is 43.2 Å². The first-order chi connectivity index (χ1) is 9.29. The van der Waals surface area contributed by atoms with E-state index in [1.165, 1.54) is 12.1 Å². The zero-order valence-corrected chi connectivity index (χ0v) is 12.9. The first-order valence-electron chi connectivity index (χ1n) is 5.22. The normalized spacial score (nSPS) is 11.4. The molecule has 0 aliphatic carbocycles. The Balaban J connectivity index is 2.38. The Morgan fingerprint density at radius 2 is 1.80 bits per heavy atom. The molecule has 2 aromatic carbocycles. The molecular weight excluding hydrogens is 376 g/mol. The number of halogens is 4. The van der Waals surface area contributed by atoms with Crippen LogP contribution < -0.4 is 4.72 Å². The minimum absolute atomic E-state index is 0.168. The van der Waals surface area contributed by atoms with Crippen LogP contribution in [-0.4, -0.2) is 8.42 Å². The Morgan fingerprint density at radius 1 is 1.10 bits per heavy atom. The van der Waals surface area contributed by atoms with Crippen molar-refractivity contribution in [2.24, 2.45) is 0 Å². The summed E-state index contributed by atoms with van der Waals surface area (Å²) in [4.78, 5) is -0.641. The van der Waals surface area contributed by atoms with Crippen molar-refractivity contribution in [3.8, 4) is 0 Å². The summed E-state index contributed by atoms with van der Waals surface area (Å²) in [6, 6.07) is 6.59. The van der Waals surface area contributed by atoms with Gasteiger partial charge in [-0.1, -0.05) is 11.6 Å². The average molecular weight is 383 g/mol. The number of rotatable bonds is 3. The van der Waals surface area contributed by atoms with Crippen molar-refractivity contribution < 1.29 is 17.2 Å². The number of hydrogen-bond donors (Lipinski definition) is 1. The lowest BCUT2D eigenvalue weighted by atomic mass is 10.3. The van der Waals surface area contributed by atoms with E-state index in [9.17, 15) is 17.2 Å². The lowest BCUT2D eigenvalue weighted by Gasteiger charge is -2.09. The molecule has 0 aliphatic rings. The van der Waals surface area contributed by atoms with E-state index in [1.807, 2.05) is 0 Å². The van der Waals surface area contributed by atoms with Gasteiger partial charge in [0.1, 0.15) is 16.5 Å². The van der Waals surface area contributed by atoms with Crippen LogP contribution in [0.3, 0.4) is 0 Å². The highest BCUT2D eigenvalue weighted by atomic mass is 79.9. The summed E-state index contributed by atoms with van der Waals surface area (Å²) >= 11 is 9.00. The third-order valence-corrected chi connectivity index (χ3v) is 5.00. The molecule has 0 saturated heterocycles. The SMILES string of the molecule is O=S(=O)(Nc1ccc(Br)c(Cl)c1)c1ccc(F)cc1F. The molecule has 3 nitrogen and oxygen atoms in total. The van der Waals surface area contributed by atoms with E-state index < -0.39 is 26.6 Å². The van der Waals surface area contributed by atoms with Crippen LogP contribution in [0, 0.1) is 11.6 Å². The van der Waals surface area contributed by atoms with E-state index in [0.717, 1.165) is 12.1 Å². The summed E-state index contributed by atoms with van der Waals surface area (Å²) in [5, 5.41) is 0.296. The third-order valence-electron chi connectivity index (χ3n) is 2.36. The summed E-state index contributed by atoms with van der Waals surface area (Å²) in [5.74, 6) is -2.02. The molecule has 8 heteroatoms. The van der Waals surface area contributed by atoms with Crippen LogP contribution in [0.5, 0.6) is 0 Å². The Hall–Kier alpha value is -1.18. The van der Waals surface area contributed by atoms with Gasteiger partial charge in [0, 0.05) is 10.5 Å². The molecule has 2 rings (SSSR count). The molecule has 0 unspecified atom stereocenters. The van der Waals surface area contributed by atoms with E-state index in [4.69, 9.17) is 11.6 Å². The summed E-state index contributed by atoms with van der Waals surface area (Å²) in [6.07, 6.45) is 0. The zero-order valence-electron chi connectivity index (χ0n) is 9.70. The molecule has 0 aromatic heterocycles. The van der Waals surface area contributed by atoms with Crippen LogP contribution in [0.4, 0.5) is 14.5 Å². The molecule has 0 saturated carbocycles. The van der Waals surface area contributed by atoms with Crippen molar-refractivity contribution in [2.45, 2.75) is 4.90 Å². The van der Waals surface area contributed by atoms with Gasteiger partial charge in [0.15, 0.2) is 0 Å². The van der Waals surface area contributed by atoms with Crippen molar-refractivity contribution in [3.05, 3.63) is 57.5 Å². The molecule has 1 N–H and O–H groups in total. The van der Waals surface area contributed by atoms with Crippen LogP contribution in [0.25, 0.3) is 0 Å². The third kappa shape index (κ3) is 3.28. The summed E-state index contributed by atoms with van der Waals surface area (Å²) in [7, 11) is -4.16. The minimum atomic E-state index is -4.16. The van der Waals surface area contributed by atoms with E-state index in [1.54, 1.807) is 6.07 Å². The second-order valence-corrected chi connectivity index (χ2v) is 6.72. The fourth-order valence-corrected chi connectivity index (χ4v) is 3.00. The molecule has 0 bridgehead atoms. The lowest BCUT2D eigenvalue weighted by Crippen LogP contribution is -2.14. The summed E-state index contributed by atoms with van der Waals surface area (Å²) in [5.41, 5.74) is 0.168. The van der Waals surface area contributed by atoms with Gasteiger partial charge in [-0.05, 0) is 46.3 Å². The van der Waals surface area contributed by atoms with E-state index >= 15 is 0 Å². The van der Waals surface area contributed by atoms with Gasteiger partial charge < -0.3 is 0 Å². The summed E-state index contributed by atoms with van der Waals surface area (Å²) < 4.78 is 53.0. The van der Waals surface area contributed by atoms with Gasteiger partial charge >= 0.3 is 0 Å². The van der Waals surface area contributed by atoms with E-state index in [0.29, 0.717) is 15.6 Å². The standard InChI is InChI=1S/C12H7BrClF2NO2S/c13-9-3-2-8(6-10(9)14)17-20(18,19)12-4-1-7(15)5-11(12)16/h1-6,17H. The average Bonchev–Trinajstić information content (AvgIpc) is 2.33. The molecule has 0 amide bonds. The van der Waals surface area contributed by atoms with Crippen LogP contribution in [0.2, 0.25) is 5.02 Å². The first-order valence-corrected chi connectivity index (χ1v) is 7.88. The summed E-state index contributed by atoms with van der Waals surface area (Å²) in [6.45, 7) is 0. The molecule has 20 heavy (non-hydrogen) atoms. The largest absolute Gasteiger partial charge is 0.279 e. The van der Waals surface area contributed by atoms with Gasteiger partial charge in [-0.2, -0.15) is 0 Å². The second-order valence-electron chi connectivity index (χ2n) is 3.81. The van der Waals surface area contributed by atoms with Crippen molar-refractivity contribution in [3.63, 3.8) is 0 Å². The Kier molecular flexibility index (Phi) is 4.31. The van der Waals surface area contributed by atoms with Crippen LogP contribution in [-0.2, 0) is 10.0 Å². The molecule has 0 spiro atoms. The Bertz CT molecular complexity index is 768. The van der Waals surface area contributed by atoms with Gasteiger partial charge in [-0.15, -0.1) is 0 Å². The minimum Gasteiger partial charge on any atom is -0.279 e. The maximum absolute atomic E-state index is 13.5. The molecule has 106 valence electrons. The van der Waals surface area contributed by atoms with Gasteiger partial charge in [0.2, 0.25) is 0 Å². The maximum atomic E-state index is 13.5. The predicted molar refractivity (Wildman–Crippen MR) is 76.3 cm³/mol. The topological polar surface area (TPSA) is 46.2 Å². The van der Waals surface area contributed by atoms with Gasteiger partial charge in [0.05, 0.1) is 10.7 Å². The van der Waals surface area contributed by atoms with Crippen LogP contribution in [0.15, 0.2) is 45.8 Å². The maximum Gasteiger partial charge on any atom is 0.264 e. The molecule has 2 aromatic rings. The number of benzene rings is 2. The van der Waals surface area contributed by atoms with Crippen LogP contribution in [0.1, 0.15) is 0 Å². The highest BCUT2D eigenvalue weighted by molar-refractivity contribution is 9.10. The fraction of sp³-hybridized carbons (Fsp3) is 0. The van der Waals surface area contributed by atoms with Crippen molar-refractivity contribution in [1.82, 2.24) is 0 Å². The molecule has 0 heterocycles. The smallest absolute Gasteiger partial charge is 0.264 e. The molecule has 0 fully saturated rings. The second kappa shape index (κ2) is 5.67. The van der Waals surface area contributed by atoms with E-state index in [-0.39, 0.29) is 5.69 Å². The molecule has 0 atom stereocenters. The molecule has 0 radical (unpaired) electrons. The fourth-order valence-electron chi connectivity index (χ4n) is 1.46. The number of hydrogen-bond acceptors (Lipinski definition) is 2. The monoisotopic (exact) mass is 381 g/mol. The van der Waals surface area contributed by atoms with Crippen LogP contribution >= 0.6 is 27.5 Å². The van der Waals surface area contributed by atoms with Crippen molar-refractivity contribution in [2.75, 3.05) is 4.72 Å². The van der Waals surface area contributed by atoms with Gasteiger partial charge in [-0.25, -0.2) is 17.2 Å². The quantitative estimate of drug-likeness (QED) is 0.865. The number of sulfonamides is 1. The van der Waals surface area contributed by atoms with Crippen molar-refractivity contribution in [1.29, 1.82) is 0 Å². The number of anilines is 1. The Labute approximate surface area is 127 Å².